The molecule has 2 aromatic carbocycles. The fourth-order valence-electron chi connectivity index (χ4n) is 6.63. The number of likely N-dealkylation sites (tertiary alicyclic amines) is 1. The molecule has 10 nitrogen and oxygen atoms in total. The third-order valence-corrected chi connectivity index (χ3v) is 9.75. The Morgan fingerprint density at radius 3 is 2.17 bits per heavy atom. The second-order valence-electron chi connectivity index (χ2n) is 11.6. The summed E-state index contributed by atoms with van der Waals surface area (Å²) in [7, 11) is 3.17. The van der Waals surface area contributed by atoms with E-state index in [0.29, 0.717) is 71.7 Å². The summed E-state index contributed by atoms with van der Waals surface area (Å²) in [5.41, 5.74) is 6.92. The van der Waals surface area contributed by atoms with Crippen LogP contribution in [0.15, 0.2) is 48.7 Å². The number of nitrogens with zero attached hydrogens (tertiary/aromatic N) is 4. The molecule has 2 aromatic heterocycles. The highest BCUT2D eigenvalue weighted by Crippen LogP contribution is 2.47. The summed E-state index contributed by atoms with van der Waals surface area (Å²) in [4.78, 5) is 28.7. The average Bonchev–Trinajstić information content (AvgIpc) is 3.75. The molecule has 3 aliphatic rings. The molecule has 0 unspecified atom stereocenters. The zero-order chi connectivity index (χ0) is 32.7. The topological polar surface area (TPSA) is 105 Å². The molecule has 7 rings (SSSR count). The van der Waals surface area contributed by atoms with Gasteiger partial charge in [-0.3, -0.25) is 9.69 Å². The monoisotopic (exact) mass is 676 g/mol. The minimum Gasteiger partial charge on any atom is -0.481 e. The summed E-state index contributed by atoms with van der Waals surface area (Å²) in [5, 5.41) is 0.993. The summed E-state index contributed by atoms with van der Waals surface area (Å²) < 4.78 is 27.8. The van der Waals surface area contributed by atoms with Crippen molar-refractivity contribution < 1.29 is 28.5 Å². The van der Waals surface area contributed by atoms with Gasteiger partial charge in [-0.25, -0.2) is 15.0 Å². The molecule has 2 aliphatic heterocycles. The van der Waals surface area contributed by atoms with Crippen molar-refractivity contribution >= 4 is 29.2 Å². The molecular weight excluding hydrogens is 643 g/mol. The molecule has 0 saturated carbocycles. The van der Waals surface area contributed by atoms with Gasteiger partial charge in [-0.15, -0.1) is 0 Å². The van der Waals surface area contributed by atoms with E-state index in [1.165, 1.54) is 12.7 Å². The molecule has 4 aromatic rings. The van der Waals surface area contributed by atoms with E-state index in [1.54, 1.807) is 13.3 Å². The quantitative estimate of drug-likeness (QED) is 0.177. The van der Waals surface area contributed by atoms with E-state index >= 15 is 0 Å². The van der Waals surface area contributed by atoms with Gasteiger partial charge in [-0.05, 0) is 31.4 Å². The van der Waals surface area contributed by atoms with Gasteiger partial charge in [0.05, 0.1) is 67.6 Å². The van der Waals surface area contributed by atoms with E-state index in [9.17, 15) is 4.79 Å². The van der Waals surface area contributed by atoms with Crippen LogP contribution < -0.4 is 9.47 Å². The first-order valence-electron chi connectivity index (χ1n) is 15.6. The smallest absolute Gasteiger partial charge is 0.311 e. The lowest BCUT2D eigenvalue weighted by Gasteiger charge is -2.42. The maximum absolute atomic E-state index is 12.2. The van der Waals surface area contributed by atoms with Crippen molar-refractivity contribution in [2.24, 2.45) is 5.92 Å². The maximum atomic E-state index is 12.2. The Morgan fingerprint density at radius 1 is 0.915 bits per heavy atom. The highest BCUT2D eigenvalue weighted by atomic mass is 35.5. The Balaban J connectivity index is 1.19. The lowest BCUT2D eigenvalue weighted by atomic mass is 9.95. The molecule has 2 saturated heterocycles. The molecule has 47 heavy (non-hydrogen) atoms. The van der Waals surface area contributed by atoms with Crippen LogP contribution in [-0.2, 0) is 25.4 Å². The molecule has 0 spiro atoms. The lowest BCUT2D eigenvalue weighted by Crippen LogP contribution is -2.51. The fourth-order valence-corrected chi connectivity index (χ4v) is 7.28. The third-order valence-electron chi connectivity index (χ3n) is 8.94. The van der Waals surface area contributed by atoms with E-state index in [4.69, 9.17) is 51.9 Å². The predicted octanol–water partition coefficient (Wildman–Crippen LogP) is 6.72. The summed E-state index contributed by atoms with van der Waals surface area (Å²) in [5.74, 6) is 0.671. The largest absolute Gasteiger partial charge is 0.481 e. The number of rotatable bonds is 9. The van der Waals surface area contributed by atoms with Crippen molar-refractivity contribution in [1.82, 2.24) is 19.9 Å². The summed E-state index contributed by atoms with van der Waals surface area (Å²) >= 11 is 14.2. The molecule has 0 radical (unpaired) electrons. The molecule has 0 amide bonds. The third kappa shape index (κ3) is 5.83. The van der Waals surface area contributed by atoms with Gasteiger partial charge in [0.15, 0.2) is 5.69 Å². The Bertz CT molecular complexity index is 1830. The normalized spacial score (nSPS) is 18.2. The first-order valence-corrected chi connectivity index (χ1v) is 16.4. The SMILES string of the molecule is CCOC(=O)C1CN([C@@H]2CCc3cc(-c4cccc(-c5cccc(-c6cnc(C7OCCO7)c(OC)n6)c5Cl)c4Cl)nc(OC)c32)C1. The number of hydrogen-bond acceptors (Lipinski definition) is 10. The van der Waals surface area contributed by atoms with Crippen LogP contribution in [-0.4, -0.2) is 73.0 Å². The maximum Gasteiger partial charge on any atom is 0.311 e. The van der Waals surface area contributed by atoms with Crippen molar-refractivity contribution in [1.29, 1.82) is 0 Å². The van der Waals surface area contributed by atoms with E-state index < -0.39 is 6.29 Å². The van der Waals surface area contributed by atoms with Crippen LogP contribution in [0.2, 0.25) is 10.0 Å². The van der Waals surface area contributed by atoms with Crippen molar-refractivity contribution in [3.8, 4) is 45.4 Å². The number of carbonyl (C=O) groups is 1. The van der Waals surface area contributed by atoms with Gasteiger partial charge >= 0.3 is 5.97 Å². The molecule has 2 fully saturated rings. The number of halogens is 2. The first kappa shape index (κ1) is 31.8. The number of benzene rings is 2. The number of esters is 1. The molecule has 4 heterocycles. The minimum atomic E-state index is -0.619. The minimum absolute atomic E-state index is 0.0846. The first-order chi connectivity index (χ1) is 22.9. The molecule has 12 heteroatoms. The zero-order valence-electron chi connectivity index (χ0n) is 26.3. The van der Waals surface area contributed by atoms with Crippen LogP contribution in [0.5, 0.6) is 11.8 Å². The number of ether oxygens (including phenoxy) is 5. The van der Waals surface area contributed by atoms with Crippen molar-refractivity contribution in [3.05, 3.63) is 75.5 Å². The van der Waals surface area contributed by atoms with Gasteiger partial charge < -0.3 is 23.7 Å². The van der Waals surface area contributed by atoms with Crippen LogP contribution >= 0.6 is 23.2 Å². The standard InChI is InChI=1S/C35H34Cl2N4O6/c1-4-45-34(42)20-17-41(18-20)27-12-11-19-15-25(39-32(43-2)28(19)27)23-9-5-7-21(29(23)36)22-8-6-10-24(30(22)37)26-16-38-31(33(40-26)44-3)35-46-13-14-47-35/h5-10,15-16,20,27,35H,4,11-14,17-18H2,1-3H3/t27-/m1/s1. The van der Waals surface area contributed by atoms with Gasteiger partial charge in [-0.2, -0.15) is 0 Å². The van der Waals surface area contributed by atoms with Gasteiger partial charge in [0.25, 0.3) is 0 Å². The number of fused-ring (bicyclic) bond motifs is 1. The van der Waals surface area contributed by atoms with Gasteiger partial charge in [-0.1, -0.05) is 59.6 Å². The number of hydrogen-bond donors (Lipinski definition) is 0. The Kier molecular flexibility index (Phi) is 9.04. The van der Waals surface area contributed by atoms with E-state index in [-0.39, 0.29) is 17.9 Å². The molecule has 0 N–H and O–H groups in total. The average molecular weight is 678 g/mol. The van der Waals surface area contributed by atoms with Gasteiger partial charge in [0.1, 0.15) is 0 Å². The molecular formula is C35H34Cl2N4O6. The van der Waals surface area contributed by atoms with Gasteiger partial charge in [0.2, 0.25) is 18.1 Å². The van der Waals surface area contributed by atoms with Crippen molar-refractivity contribution in [2.75, 3.05) is 47.1 Å². The number of aryl methyl sites for hydroxylation is 1. The fraction of sp³-hybridized carbons (Fsp3) is 0.371. The Morgan fingerprint density at radius 2 is 1.53 bits per heavy atom. The van der Waals surface area contributed by atoms with Crippen LogP contribution in [0.25, 0.3) is 33.6 Å². The number of carbonyl (C=O) groups excluding carboxylic acids is 1. The van der Waals surface area contributed by atoms with E-state index in [1.807, 2.05) is 43.3 Å². The second kappa shape index (κ2) is 13.4. The summed E-state index contributed by atoms with van der Waals surface area (Å²) in [6.07, 6.45) is 2.82. The predicted molar refractivity (Wildman–Crippen MR) is 177 cm³/mol. The highest BCUT2D eigenvalue weighted by Gasteiger charge is 2.42. The number of pyridine rings is 1. The number of methoxy groups -OCH3 is 2. The second-order valence-corrected chi connectivity index (χ2v) is 12.4. The Labute approximate surface area is 282 Å². The van der Waals surface area contributed by atoms with Gasteiger partial charge in [0, 0.05) is 46.9 Å². The van der Waals surface area contributed by atoms with E-state index in [0.717, 1.165) is 40.8 Å². The van der Waals surface area contributed by atoms with E-state index in [2.05, 4.69) is 20.9 Å². The molecule has 1 atom stereocenters. The summed E-state index contributed by atoms with van der Waals surface area (Å²) in [6.45, 7) is 4.54. The van der Waals surface area contributed by atoms with Crippen LogP contribution in [0.4, 0.5) is 0 Å². The summed E-state index contributed by atoms with van der Waals surface area (Å²) in [6, 6.07) is 13.8. The number of aromatic nitrogens is 3. The molecule has 244 valence electrons. The van der Waals surface area contributed by atoms with Crippen LogP contribution in [0.3, 0.4) is 0 Å². The molecule has 1 aliphatic carbocycles. The zero-order valence-corrected chi connectivity index (χ0v) is 27.8. The molecule has 0 bridgehead atoms. The lowest BCUT2D eigenvalue weighted by molar-refractivity contribution is -0.155. The highest BCUT2D eigenvalue weighted by molar-refractivity contribution is 6.39. The van der Waals surface area contributed by atoms with Crippen molar-refractivity contribution in [2.45, 2.75) is 32.1 Å². The van der Waals surface area contributed by atoms with Crippen LogP contribution in [0, 0.1) is 5.92 Å². The van der Waals surface area contributed by atoms with Crippen molar-refractivity contribution in [3.63, 3.8) is 0 Å². The Hall–Kier alpha value is -3.80. The van der Waals surface area contributed by atoms with Crippen LogP contribution in [0.1, 0.15) is 42.5 Å².